The standard InChI is InChI=1S/C8H11.C5H5.C2H7Si.2ClH.Zr/c1-6-4-5-7(2)8(6)3;1-2-4-5-3-1;1-3-2;;;/h4H2,1-3H3;1-3H,4H2;3H,1-2H3;2*1H;/q2*-1;;;;+2. The van der Waals surface area contributed by atoms with Crippen molar-refractivity contribution in [1.82, 2.24) is 0 Å². The Labute approximate surface area is 153 Å². The maximum Gasteiger partial charge on any atom is 2.00 e. The van der Waals surface area contributed by atoms with Crippen molar-refractivity contribution in [3.05, 3.63) is 47.1 Å². The molecule has 0 aromatic heterocycles. The van der Waals surface area contributed by atoms with Crippen LogP contribution in [0, 0.1) is 12.2 Å². The minimum atomic E-state index is 0. The van der Waals surface area contributed by atoms with Crippen LogP contribution in [-0.4, -0.2) is 9.52 Å². The van der Waals surface area contributed by atoms with Gasteiger partial charge in [-0.15, -0.1) is 44.6 Å². The van der Waals surface area contributed by atoms with Crippen molar-refractivity contribution in [2.75, 3.05) is 0 Å². The van der Waals surface area contributed by atoms with Crippen LogP contribution in [0.5, 0.6) is 0 Å². The summed E-state index contributed by atoms with van der Waals surface area (Å²) in [6, 6.07) is 0. The Morgan fingerprint density at radius 3 is 1.74 bits per heavy atom. The fraction of sp³-hybridized carbons (Fsp3) is 0.467. The van der Waals surface area contributed by atoms with Crippen LogP contribution in [0.3, 0.4) is 0 Å². The molecule has 0 amide bonds. The second kappa shape index (κ2) is 18.6. The van der Waals surface area contributed by atoms with Crippen LogP contribution in [0.15, 0.2) is 34.9 Å². The smallest absolute Gasteiger partial charge is 0.273 e. The fourth-order valence-corrected chi connectivity index (χ4v) is 1.19. The molecule has 0 spiro atoms. The molecular formula is C15H25Cl2SiZr. The van der Waals surface area contributed by atoms with E-state index in [1.165, 1.54) is 16.7 Å². The van der Waals surface area contributed by atoms with E-state index < -0.39 is 0 Å². The predicted molar refractivity (Wildman–Crippen MR) is 90.4 cm³/mol. The normalized spacial score (nSPS) is 13.8. The Balaban J connectivity index is -0.0000000907. The topological polar surface area (TPSA) is 0 Å². The summed E-state index contributed by atoms with van der Waals surface area (Å²) in [6.45, 7) is 10.9. The van der Waals surface area contributed by atoms with E-state index in [4.69, 9.17) is 0 Å². The van der Waals surface area contributed by atoms with E-state index in [2.05, 4.69) is 52.1 Å². The molecule has 0 heterocycles. The number of halogens is 2. The quantitative estimate of drug-likeness (QED) is 0.393. The van der Waals surface area contributed by atoms with E-state index >= 15 is 0 Å². The van der Waals surface area contributed by atoms with Crippen molar-refractivity contribution in [3.8, 4) is 0 Å². The van der Waals surface area contributed by atoms with Crippen LogP contribution in [0.25, 0.3) is 0 Å². The van der Waals surface area contributed by atoms with E-state index in [-0.39, 0.29) is 51.0 Å². The summed E-state index contributed by atoms with van der Waals surface area (Å²) in [5, 5.41) is 0. The second-order valence-electron chi connectivity index (χ2n) is 3.96. The average molecular weight is 396 g/mol. The van der Waals surface area contributed by atoms with Gasteiger partial charge in [0.25, 0.3) is 0 Å². The summed E-state index contributed by atoms with van der Waals surface area (Å²) in [5.41, 5.74) is 4.25. The first-order valence-corrected chi connectivity index (χ1v) is 8.14. The molecule has 0 N–H and O–H groups in total. The van der Waals surface area contributed by atoms with E-state index in [9.17, 15) is 0 Å². The summed E-state index contributed by atoms with van der Waals surface area (Å²) >= 11 is 0. The Hall–Kier alpha value is 0.640. The molecule has 19 heavy (non-hydrogen) atoms. The van der Waals surface area contributed by atoms with E-state index in [1.54, 1.807) is 0 Å². The Morgan fingerprint density at radius 1 is 1.11 bits per heavy atom. The van der Waals surface area contributed by atoms with Gasteiger partial charge in [0.2, 0.25) is 0 Å². The molecule has 0 aromatic rings. The summed E-state index contributed by atoms with van der Waals surface area (Å²) in [5.74, 6) is 0. The number of rotatable bonds is 0. The SMILES string of the molecule is CC1=[C-]CC(C)=C1C.C[SiH]C.Cl.Cl.[C-]1=CC=CC1.[Zr+2]. The van der Waals surface area contributed by atoms with E-state index in [0.29, 0.717) is 0 Å². The van der Waals surface area contributed by atoms with Gasteiger partial charge >= 0.3 is 26.2 Å². The molecule has 0 aliphatic heterocycles. The third kappa shape index (κ3) is 14.9. The van der Waals surface area contributed by atoms with Gasteiger partial charge in [0.1, 0.15) is 0 Å². The zero-order valence-electron chi connectivity index (χ0n) is 12.5. The van der Waals surface area contributed by atoms with Crippen molar-refractivity contribution in [1.29, 1.82) is 0 Å². The molecule has 0 unspecified atom stereocenters. The Morgan fingerprint density at radius 2 is 1.63 bits per heavy atom. The third-order valence-electron chi connectivity index (χ3n) is 2.41. The first-order chi connectivity index (χ1) is 7.63. The summed E-state index contributed by atoms with van der Waals surface area (Å²) in [6.07, 6.45) is 14.3. The molecule has 1 radical (unpaired) electrons. The summed E-state index contributed by atoms with van der Waals surface area (Å²) in [4.78, 5) is 0. The van der Waals surface area contributed by atoms with Gasteiger partial charge in [-0.05, 0) is 0 Å². The van der Waals surface area contributed by atoms with Gasteiger partial charge in [0.05, 0.1) is 0 Å². The molecule has 0 atom stereocenters. The van der Waals surface area contributed by atoms with Crippen LogP contribution >= 0.6 is 24.8 Å². The number of hydrogen-bond donors (Lipinski definition) is 0. The number of hydrogen-bond acceptors (Lipinski definition) is 0. The minimum absolute atomic E-state index is 0. The molecule has 4 heteroatoms. The Kier molecular flexibility index (Phi) is 27.4. The molecule has 2 rings (SSSR count). The molecule has 107 valence electrons. The third-order valence-corrected chi connectivity index (χ3v) is 2.41. The fourth-order valence-electron chi connectivity index (χ4n) is 1.19. The average Bonchev–Trinajstić information content (AvgIpc) is 2.90. The van der Waals surface area contributed by atoms with Gasteiger partial charge in [-0.25, -0.2) is 17.7 Å². The maximum atomic E-state index is 3.26. The molecule has 0 saturated carbocycles. The van der Waals surface area contributed by atoms with Crippen molar-refractivity contribution >= 4 is 34.3 Å². The zero-order valence-corrected chi connectivity index (χ0v) is 17.8. The predicted octanol–water partition coefficient (Wildman–Crippen LogP) is 5.14. The van der Waals surface area contributed by atoms with Crippen molar-refractivity contribution in [2.24, 2.45) is 0 Å². The summed E-state index contributed by atoms with van der Waals surface area (Å²) in [7, 11) is 0.750. The zero-order chi connectivity index (χ0) is 12.4. The molecule has 0 nitrogen and oxygen atoms in total. The van der Waals surface area contributed by atoms with Gasteiger partial charge in [-0.2, -0.15) is 17.2 Å². The van der Waals surface area contributed by atoms with Crippen LogP contribution < -0.4 is 0 Å². The van der Waals surface area contributed by atoms with Crippen molar-refractivity contribution < 1.29 is 26.2 Å². The molecule has 0 saturated heterocycles. The van der Waals surface area contributed by atoms with Gasteiger partial charge in [-0.3, -0.25) is 12.2 Å². The van der Waals surface area contributed by atoms with Crippen LogP contribution in [0.1, 0.15) is 33.6 Å². The minimum Gasteiger partial charge on any atom is -0.273 e. The van der Waals surface area contributed by atoms with Crippen molar-refractivity contribution in [2.45, 2.75) is 46.7 Å². The van der Waals surface area contributed by atoms with Gasteiger partial charge in [0.15, 0.2) is 0 Å². The molecule has 0 bridgehead atoms. The molecule has 2 aliphatic rings. The monoisotopic (exact) mass is 393 g/mol. The molecule has 0 aromatic carbocycles. The van der Waals surface area contributed by atoms with Crippen molar-refractivity contribution in [3.63, 3.8) is 0 Å². The van der Waals surface area contributed by atoms with E-state index in [0.717, 1.165) is 22.4 Å². The van der Waals surface area contributed by atoms with Crippen LogP contribution in [0.2, 0.25) is 13.1 Å². The first-order valence-electron chi connectivity index (χ1n) is 5.83. The second-order valence-corrected chi connectivity index (χ2v) is 5.12. The first kappa shape index (κ1) is 27.9. The van der Waals surface area contributed by atoms with E-state index in [1.807, 2.05) is 12.2 Å². The molecule has 2 aliphatic carbocycles. The number of allylic oxidation sites excluding steroid dienone is 8. The van der Waals surface area contributed by atoms with Gasteiger partial charge in [0, 0.05) is 9.52 Å². The summed E-state index contributed by atoms with van der Waals surface area (Å²) < 4.78 is 0. The molecule has 0 fully saturated rings. The van der Waals surface area contributed by atoms with Crippen LogP contribution in [0.4, 0.5) is 0 Å². The maximum absolute atomic E-state index is 3.26. The Bertz CT molecular complexity index is 303. The van der Waals surface area contributed by atoms with Gasteiger partial charge < -0.3 is 0 Å². The van der Waals surface area contributed by atoms with Gasteiger partial charge in [-0.1, -0.05) is 26.9 Å². The largest absolute Gasteiger partial charge is 2.00 e. The molecular weight excluding hydrogens is 370 g/mol. The van der Waals surface area contributed by atoms with Crippen LogP contribution in [-0.2, 0) is 26.2 Å².